The van der Waals surface area contributed by atoms with Crippen LogP contribution in [0.4, 0.5) is 0 Å². The predicted octanol–water partition coefficient (Wildman–Crippen LogP) is 1.49. The smallest absolute Gasteiger partial charge is 0.0936 e. The Kier molecular flexibility index (Phi) is 7.69. The number of unbranched alkanes of at least 4 members (excludes halogenated alkanes) is 1. The molecule has 0 bridgehead atoms. The first-order chi connectivity index (χ1) is 6.16. The van der Waals surface area contributed by atoms with Gasteiger partial charge in [0.05, 0.1) is 5.84 Å². The summed E-state index contributed by atoms with van der Waals surface area (Å²) in [6, 6.07) is 0. The Labute approximate surface area is 82.0 Å². The minimum atomic E-state index is 0.812. The second-order valence-corrected chi connectivity index (χ2v) is 3.63. The lowest BCUT2D eigenvalue weighted by Gasteiger charge is -2.07. The SMILES string of the molecule is CCCC(N)=NCCCCN(C)C. The van der Waals surface area contributed by atoms with Crippen LogP contribution in [-0.2, 0) is 0 Å². The van der Waals surface area contributed by atoms with E-state index in [-0.39, 0.29) is 0 Å². The van der Waals surface area contributed by atoms with Crippen molar-refractivity contribution in [2.24, 2.45) is 10.7 Å². The van der Waals surface area contributed by atoms with E-state index in [0.717, 1.165) is 38.2 Å². The summed E-state index contributed by atoms with van der Waals surface area (Å²) >= 11 is 0. The minimum Gasteiger partial charge on any atom is -0.387 e. The summed E-state index contributed by atoms with van der Waals surface area (Å²) in [6.07, 6.45) is 4.37. The Balaban J connectivity index is 3.28. The van der Waals surface area contributed by atoms with Gasteiger partial charge in [0.25, 0.3) is 0 Å². The van der Waals surface area contributed by atoms with Crippen LogP contribution < -0.4 is 5.73 Å². The van der Waals surface area contributed by atoms with E-state index >= 15 is 0 Å². The molecule has 0 aromatic carbocycles. The summed E-state index contributed by atoms with van der Waals surface area (Å²) in [5, 5.41) is 0. The van der Waals surface area contributed by atoms with Crippen LogP contribution in [-0.4, -0.2) is 37.9 Å². The summed E-state index contributed by atoms with van der Waals surface area (Å²) in [6.45, 7) is 4.15. The monoisotopic (exact) mass is 185 g/mol. The maximum absolute atomic E-state index is 5.67. The van der Waals surface area contributed by atoms with E-state index in [1.54, 1.807) is 0 Å². The lowest BCUT2D eigenvalue weighted by molar-refractivity contribution is 0.396. The first-order valence-electron chi connectivity index (χ1n) is 5.10. The fourth-order valence-corrected chi connectivity index (χ4v) is 1.10. The molecule has 0 saturated carbocycles. The second kappa shape index (κ2) is 8.05. The molecule has 0 atom stereocenters. The first kappa shape index (κ1) is 12.4. The minimum absolute atomic E-state index is 0.812. The highest BCUT2D eigenvalue weighted by Gasteiger charge is 1.91. The fourth-order valence-electron chi connectivity index (χ4n) is 1.10. The van der Waals surface area contributed by atoms with Crippen molar-refractivity contribution in [2.45, 2.75) is 32.6 Å². The molecule has 0 aromatic heterocycles. The Morgan fingerprint density at radius 1 is 1.31 bits per heavy atom. The Bertz CT molecular complexity index is 141. The summed E-state index contributed by atoms with van der Waals surface area (Å²) in [5.41, 5.74) is 5.67. The van der Waals surface area contributed by atoms with Crippen LogP contribution in [0, 0.1) is 0 Å². The van der Waals surface area contributed by atoms with Gasteiger partial charge in [-0.3, -0.25) is 4.99 Å². The molecule has 0 heterocycles. The highest BCUT2D eigenvalue weighted by Crippen LogP contribution is 1.93. The molecule has 2 N–H and O–H groups in total. The number of rotatable bonds is 7. The Morgan fingerprint density at radius 2 is 2.00 bits per heavy atom. The van der Waals surface area contributed by atoms with Crippen LogP contribution in [0.25, 0.3) is 0 Å². The van der Waals surface area contributed by atoms with Gasteiger partial charge in [-0.25, -0.2) is 0 Å². The number of nitrogens with zero attached hydrogens (tertiary/aromatic N) is 2. The molecule has 0 unspecified atom stereocenters. The van der Waals surface area contributed by atoms with E-state index in [0.29, 0.717) is 0 Å². The average Bonchev–Trinajstić information content (AvgIpc) is 2.03. The molecule has 3 nitrogen and oxygen atoms in total. The van der Waals surface area contributed by atoms with Gasteiger partial charge in [0, 0.05) is 13.0 Å². The van der Waals surface area contributed by atoms with Crippen molar-refractivity contribution in [3.05, 3.63) is 0 Å². The lowest BCUT2D eigenvalue weighted by atomic mass is 10.3. The van der Waals surface area contributed by atoms with Crippen LogP contribution in [0.2, 0.25) is 0 Å². The third-order valence-electron chi connectivity index (χ3n) is 1.83. The third kappa shape index (κ3) is 9.34. The van der Waals surface area contributed by atoms with Gasteiger partial charge in [-0.15, -0.1) is 0 Å². The van der Waals surface area contributed by atoms with Gasteiger partial charge >= 0.3 is 0 Å². The van der Waals surface area contributed by atoms with Crippen molar-refractivity contribution in [1.82, 2.24) is 4.90 Å². The molecule has 0 aliphatic carbocycles. The normalized spacial score (nSPS) is 12.5. The van der Waals surface area contributed by atoms with Gasteiger partial charge in [-0.2, -0.15) is 0 Å². The van der Waals surface area contributed by atoms with Crippen molar-refractivity contribution in [3.8, 4) is 0 Å². The van der Waals surface area contributed by atoms with Crippen LogP contribution in [0.5, 0.6) is 0 Å². The number of hydrogen-bond acceptors (Lipinski definition) is 2. The molecule has 13 heavy (non-hydrogen) atoms. The van der Waals surface area contributed by atoms with E-state index in [1.807, 2.05) is 0 Å². The molecule has 0 aliphatic rings. The van der Waals surface area contributed by atoms with Gasteiger partial charge in [-0.05, 0) is 39.9 Å². The summed E-state index contributed by atoms with van der Waals surface area (Å²) in [7, 11) is 4.18. The first-order valence-corrected chi connectivity index (χ1v) is 5.10. The molecule has 0 fully saturated rings. The van der Waals surface area contributed by atoms with E-state index in [2.05, 4.69) is 30.9 Å². The second-order valence-electron chi connectivity index (χ2n) is 3.63. The molecule has 0 rings (SSSR count). The fraction of sp³-hybridized carbons (Fsp3) is 0.900. The standard InChI is InChI=1S/C10H23N3/c1-4-7-10(11)12-8-5-6-9-13(2)3/h4-9H2,1-3H3,(H2,11,12). The molecule has 3 heteroatoms. The van der Waals surface area contributed by atoms with Crippen LogP contribution in [0.15, 0.2) is 4.99 Å². The topological polar surface area (TPSA) is 41.6 Å². The highest BCUT2D eigenvalue weighted by molar-refractivity contribution is 5.80. The zero-order chi connectivity index (χ0) is 10.1. The largest absolute Gasteiger partial charge is 0.387 e. The summed E-state index contributed by atoms with van der Waals surface area (Å²) in [4.78, 5) is 6.48. The van der Waals surface area contributed by atoms with Crippen molar-refractivity contribution in [2.75, 3.05) is 27.2 Å². The quantitative estimate of drug-likeness (QED) is 0.371. The molecule has 0 saturated heterocycles. The van der Waals surface area contributed by atoms with E-state index < -0.39 is 0 Å². The molecule has 0 aliphatic heterocycles. The van der Waals surface area contributed by atoms with E-state index in [4.69, 9.17) is 5.73 Å². The van der Waals surface area contributed by atoms with Gasteiger partial charge in [0.2, 0.25) is 0 Å². The Morgan fingerprint density at radius 3 is 2.54 bits per heavy atom. The van der Waals surface area contributed by atoms with E-state index in [9.17, 15) is 0 Å². The summed E-state index contributed by atoms with van der Waals surface area (Å²) < 4.78 is 0. The van der Waals surface area contributed by atoms with Gasteiger partial charge in [0.1, 0.15) is 0 Å². The third-order valence-corrected chi connectivity index (χ3v) is 1.83. The number of nitrogens with two attached hydrogens (primary N) is 1. The zero-order valence-electron chi connectivity index (χ0n) is 9.21. The number of hydrogen-bond donors (Lipinski definition) is 1. The number of amidine groups is 1. The molecule has 0 spiro atoms. The molecular formula is C10H23N3. The molecule has 0 amide bonds. The average molecular weight is 185 g/mol. The van der Waals surface area contributed by atoms with E-state index in [1.165, 1.54) is 6.42 Å². The van der Waals surface area contributed by atoms with Crippen LogP contribution >= 0.6 is 0 Å². The van der Waals surface area contributed by atoms with Gasteiger partial charge in [-0.1, -0.05) is 6.92 Å². The predicted molar refractivity (Wildman–Crippen MR) is 59.2 cm³/mol. The van der Waals surface area contributed by atoms with Crippen molar-refractivity contribution in [1.29, 1.82) is 0 Å². The van der Waals surface area contributed by atoms with Gasteiger partial charge in [0.15, 0.2) is 0 Å². The van der Waals surface area contributed by atoms with Crippen molar-refractivity contribution < 1.29 is 0 Å². The maximum Gasteiger partial charge on any atom is 0.0936 e. The Hall–Kier alpha value is -0.570. The van der Waals surface area contributed by atoms with Crippen LogP contribution in [0.1, 0.15) is 32.6 Å². The molecule has 0 radical (unpaired) electrons. The molecular weight excluding hydrogens is 162 g/mol. The van der Waals surface area contributed by atoms with Gasteiger partial charge < -0.3 is 10.6 Å². The van der Waals surface area contributed by atoms with Crippen LogP contribution in [0.3, 0.4) is 0 Å². The highest BCUT2D eigenvalue weighted by atomic mass is 15.0. The number of aliphatic imine (C=N–C) groups is 1. The lowest BCUT2D eigenvalue weighted by Crippen LogP contribution is -2.14. The molecule has 78 valence electrons. The maximum atomic E-state index is 5.67. The van der Waals surface area contributed by atoms with Crippen molar-refractivity contribution >= 4 is 5.84 Å². The van der Waals surface area contributed by atoms with Crippen molar-refractivity contribution in [3.63, 3.8) is 0 Å². The molecule has 0 aromatic rings. The summed E-state index contributed by atoms with van der Waals surface area (Å²) in [5.74, 6) is 0.812. The zero-order valence-corrected chi connectivity index (χ0v) is 9.21.